The van der Waals surface area contributed by atoms with Crippen LogP contribution in [0.25, 0.3) is 0 Å². The van der Waals surface area contributed by atoms with Gasteiger partial charge in [-0.1, -0.05) is 12.1 Å². The summed E-state index contributed by atoms with van der Waals surface area (Å²) in [6.45, 7) is 6.83. The molecule has 2 aliphatic heterocycles. The third-order valence-electron chi connectivity index (χ3n) is 5.27. The molecule has 0 radical (unpaired) electrons. The Morgan fingerprint density at radius 1 is 1.39 bits per heavy atom. The van der Waals surface area contributed by atoms with E-state index in [1.807, 2.05) is 12.1 Å². The highest BCUT2D eigenvalue weighted by atomic mass is 35.5. The Balaban J connectivity index is 0.00000192. The van der Waals surface area contributed by atoms with Gasteiger partial charge >= 0.3 is 0 Å². The second kappa shape index (κ2) is 7.10. The molecule has 5 heteroatoms. The van der Waals surface area contributed by atoms with E-state index in [1.54, 1.807) is 7.11 Å². The minimum Gasteiger partial charge on any atom is -0.497 e. The second-order valence-electron chi connectivity index (χ2n) is 6.82. The number of ether oxygens (including phenoxy) is 1. The molecule has 2 fully saturated rings. The molecule has 1 aromatic rings. The van der Waals surface area contributed by atoms with E-state index in [0.717, 1.165) is 38.2 Å². The van der Waals surface area contributed by atoms with Gasteiger partial charge in [-0.2, -0.15) is 0 Å². The number of hydrogen-bond acceptors (Lipinski definition) is 3. The maximum Gasteiger partial charge on any atom is 0.231 e. The van der Waals surface area contributed by atoms with E-state index in [0.29, 0.717) is 5.91 Å². The molecule has 0 aromatic heterocycles. The molecular formula is C18H27ClN2O2. The van der Waals surface area contributed by atoms with Crippen molar-refractivity contribution < 1.29 is 9.53 Å². The number of carbonyl (C=O) groups is 1. The van der Waals surface area contributed by atoms with Gasteiger partial charge in [0, 0.05) is 25.0 Å². The van der Waals surface area contributed by atoms with E-state index in [-0.39, 0.29) is 29.8 Å². The first-order valence-corrected chi connectivity index (χ1v) is 8.24. The highest BCUT2D eigenvalue weighted by molar-refractivity contribution is 5.87. The fourth-order valence-corrected chi connectivity index (χ4v) is 4.03. The van der Waals surface area contributed by atoms with Gasteiger partial charge < -0.3 is 15.0 Å². The zero-order valence-electron chi connectivity index (χ0n) is 14.2. The zero-order chi connectivity index (χ0) is 15.7. The summed E-state index contributed by atoms with van der Waals surface area (Å²) >= 11 is 0. The molecule has 2 heterocycles. The first-order valence-electron chi connectivity index (χ1n) is 8.24. The highest BCUT2D eigenvalue weighted by Crippen LogP contribution is 2.48. The lowest BCUT2D eigenvalue weighted by atomic mass is 9.69. The van der Waals surface area contributed by atoms with Crippen molar-refractivity contribution in [3.05, 3.63) is 29.8 Å². The maximum atomic E-state index is 13.1. The number of methoxy groups -OCH3 is 1. The molecule has 128 valence electrons. The number of hydrogen-bond donors (Lipinski definition) is 1. The molecule has 1 amide bonds. The Labute approximate surface area is 145 Å². The van der Waals surface area contributed by atoms with Crippen LogP contribution < -0.4 is 10.1 Å². The van der Waals surface area contributed by atoms with Gasteiger partial charge in [-0.15, -0.1) is 12.4 Å². The third-order valence-corrected chi connectivity index (χ3v) is 5.27. The first-order chi connectivity index (χ1) is 10.6. The van der Waals surface area contributed by atoms with Crippen LogP contribution in [0.2, 0.25) is 0 Å². The van der Waals surface area contributed by atoms with E-state index in [4.69, 9.17) is 4.74 Å². The number of benzene rings is 1. The van der Waals surface area contributed by atoms with Gasteiger partial charge in [-0.3, -0.25) is 4.79 Å². The molecule has 23 heavy (non-hydrogen) atoms. The second-order valence-corrected chi connectivity index (χ2v) is 6.82. The predicted molar refractivity (Wildman–Crippen MR) is 94.4 cm³/mol. The summed E-state index contributed by atoms with van der Waals surface area (Å²) in [7, 11) is 1.69. The molecule has 1 spiro atoms. The normalized spacial score (nSPS) is 27.4. The number of amides is 1. The van der Waals surface area contributed by atoms with Gasteiger partial charge in [-0.25, -0.2) is 0 Å². The Morgan fingerprint density at radius 2 is 2.17 bits per heavy atom. The van der Waals surface area contributed by atoms with Crippen molar-refractivity contribution in [2.24, 2.45) is 5.41 Å². The van der Waals surface area contributed by atoms with Crippen LogP contribution in [0.1, 0.15) is 38.2 Å². The number of nitrogens with one attached hydrogen (secondary N) is 1. The smallest absolute Gasteiger partial charge is 0.231 e. The van der Waals surface area contributed by atoms with Crippen molar-refractivity contribution in [2.75, 3.05) is 26.7 Å². The number of nitrogens with zero attached hydrogens (tertiary/aromatic N) is 1. The minimum absolute atomic E-state index is 0. The van der Waals surface area contributed by atoms with Crippen LogP contribution in [0.3, 0.4) is 0 Å². The van der Waals surface area contributed by atoms with Crippen LogP contribution in [0.5, 0.6) is 5.75 Å². The van der Waals surface area contributed by atoms with Crippen LogP contribution in [0.4, 0.5) is 0 Å². The van der Waals surface area contributed by atoms with Gasteiger partial charge in [-0.05, 0) is 50.9 Å². The molecule has 2 unspecified atom stereocenters. The molecule has 4 nitrogen and oxygen atoms in total. The van der Waals surface area contributed by atoms with Gasteiger partial charge in [0.1, 0.15) is 5.75 Å². The van der Waals surface area contributed by atoms with E-state index in [1.165, 1.54) is 5.56 Å². The molecule has 3 rings (SSSR count). The quantitative estimate of drug-likeness (QED) is 0.921. The summed E-state index contributed by atoms with van der Waals surface area (Å²) in [4.78, 5) is 15.2. The van der Waals surface area contributed by atoms with Crippen molar-refractivity contribution in [3.63, 3.8) is 0 Å². The monoisotopic (exact) mass is 338 g/mol. The van der Waals surface area contributed by atoms with Crippen molar-refractivity contribution in [2.45, 2.75) is 38.6 Å². The fraction of sp³-hybridized carbons (Fsp3) is 0.611. The van der Waals surface area contributed by atoms with Gasteiger partial charge in [0.25, 0.3) is 0 Å². The lowest BCUT2D eigenvalue weighted by Gasteiger charge is -2.37. The molecule has 2 aliphatic rings. The summed E-state index contributed by atoms with van der Waals surface area (Å²) in [6, 6.07) is 8.48. The fourth-order valence-electron chi connectivity index (χ4n) is 4.03. The van der Waals surface area contributed by atoms with Crippen molar-refractivity contribution >= 4 is 18.3 Å². The molecule has 0 bridgehead atoms. The standard InChI is InChI=1S/C18H26N2O2.ClH/c1-13(2)20-11-16(14-6-4-7-15(10-14)22-3)18(17(20)21)8-5-9-19-12-18;/h4,6-7,10,13,16,19H,5,8-9,11-12H2,1-3H3;1H. The van der Waals surface area contributed by atoms with Crippen molar-refractivity contribution in [1.82, 2.24) is 10.2 Å². The number of rotatable bonds is 3. The summed E-state index contributed by atoms with van der Waals surface area (Å²) in [6.07, 6.45) is 2.04. The first kappa shape index (κ1) is 18.1. The van der Waals surface area contributed by atoms with Crippen LogP contribution in [0.15, 0.2) is 24.3 Å². The lowest BCUT2D eigenvalue weighted by Crippen LogP contribution is -2.48. The van der Waals surface area contributed by atoms with Gasteiger partial charge in [0.2, 0.25) is 5.91 Å². The molecule has 0 saturated carbocycles. The molecule has 2 saturated heterocycles. The SMILES string of the molecule is COc1cccc(C2CN(C(C)C)C(=O)C23CCCNC3)c1.Cl. The Bertz CT molecular complexity index is 556. The molecule has 0 aliphatic carbocycles. The molecule has 1 aromatic carbocycles. The zero-order valence-corrected chi connectivity index (χ0v) is 15.0. The number of likely N-dealkylation sites (tertiary alicyclic amines) is 1. The van der Waals surface area contributed by atoms with E-state index >= 15 is 0 Å². The van der Waals surface area contributed by atoms with Crippen LogP contribution in [-0.2, 0) is 4.79 Å². The number of halogens is 1. The van der Waals surface area contributed by atoms with Crippen LogP contribution >= 0.6 is 12.4 Å². The molecular weight excluding hydrogens is 312 g/mol. The number of piperidine rings is 1. The average Bonchev–Trinajstić information content (AvgIpc) is 2.81. The summed E-state index contributed by atoms with van der Waals surface area (Å²) < 4.78 is 5.38. The Hall–Kier alpha value is -1.26. The van der Waals surface area contributed by atoms with Crippen molar-refractivity contribution in [1.29, 1.82) is 0 Å². The van der Waals surface area contributed by atoms with Gasteiger partial charge in [0.15, 0.2) is 0 Å². The van der Waals surface area contributed by atoms with Crippen LogP contribution in [0, 0.1) is 5.41 Å². The van der Waals surface area contributed by atoms with E-state index in [2.05, 4.69) is 36.2 Å². The summed E-state index contributed by atoms with van der Waals surface area (Å²) in [5.74, 6) is 1.43. The predicted octanol–water partition coefficient (Wildman–Crippen LogP) is 2.82. The average molecular weight is 339 g/mol. The highest BCUT2D eigenvalue weighted by Gasteiger charge is 2.54. The Morgan fingerprint density at radius 3 is 2.78 bits per heavy atom. The van der Waals surface area contributed by atoms with Gasteiger partial charge in [0.05, 0.1) is 12.5 Å². The third kappa shape index (κ3) is 3.07. The van der Waals surface area contributed by atoms with Crippen LogP contribution in [-0.4, -0.2) is 43.6 Å². The topological polar surface area (TPSA) is 41.6 Å². The molecule has 2 atom stereocenters. The largest absolute Gasteiger partial charge is 0.497 e. The Kier molecular flexibility index (Phi) is 5.58. The number of carbonyl (C=O) groups excluding carboxylic acids is 1. The molecule has 1 N–H and O–H groups in total. The van der Waals surface area contributed by atoms with E-state index < -0.39 is 0 Å². The summed E-state index contributed by atoms with van der Waals surface area (Å²) in [5, 5.41) is 3.46. The maximum absolute atomic E-state index is 13.1. The summed E-state index contributed by atoms with van der Waals surface area (Å²) in [5.41, 5.74) is 0.939. The lowest BCUT2D eigenvalue weighted by molar-refractivity contribution is -0.138. The van der Waals surface area contributed by atoms with Crippen molar-refractivity contribution in [3.8, 4) is 5.75 Å². The van der Waals surface area contributed by atoms with E-state index in [9.17, 15) is 4.79 Å². The minimum atomic E-state index is -0.283.